The van der Waals surface area contributed by atoms with Crippen molar-refractivity contribution in [1.29, 1.82) is 0 Å². The Morgan fingerprint density at radius 2 is 2.10 bits per heavy atom. The number of nitrogens with one attached hydrogen (secondary N) is 3. The number of hydrogen-bond acceptors (Lipinski definition) is 10. The summed E-state index contributed by atoms with van der Waals surface area (Å²) in [5, 5.41) is 16.3. The topological polar surface area (TPSA) is 154 Å². The Morgan fingerprint density at radius 3 is 2.98 bits per heavy atom. The number of hydrogen-bond donors (Lipinski definition) is 4. The molecular formula is C28H34FN9O3. The standard InChI is InChI=1S/C28H34FN9O3/c29-20-14-22(16-30-15-20)41-13-12-38(10-2-1-5-21-7-6-19-4-3-9-31-25(19)36-21)11-8-23(28(39)40)37-27-24-26(33-17-32-24)34-18-35-27/h6-7,14-18,23H,1-5,8-13H2,(H,31,36)(H,39,40)(H2,32,33,34,35,37). The molecule has 1 unspecified atom stereocenters. The first kappa shape index (κ1) is 28.1. The number of aromatic nitrogens is 6. The molecule has 0 bridgehead atoms. The highest BCUT2D eigenvalue weighted by atomic mass is 19.1. The van der Waals surface area contributed by atoms with Gasteiger partial charge in [0.25, 0.3) is 0 Å². The number of halogens is 1. The molecule has 0 amide bonds. The molecule has 13 heteroatoms. The number of carbonyl (C=O) groups is 1. The lowest BCUT2D eigenvalue weighted by atomic mass is 10.1. The molecule has 0 saturated carbocycles. The number of fused-ring (bicyclic) bond motifs is 2. The van der Waals surface area contributed by atoms with Crippen molar-refractivity contribution in [3.05, 3.63) is 60.3 Å². The molecule has 1 atom stereocenters. The van der Waals surface area contributed by atoms with E-state index in [9.17, 15) is 14.3 Å². The maximum Gasteiger partial charge on any atom is 0.326 e. The third-order valence-electron chi connectivity index (χ3n) is 7.03. The van der Waals surface area contributed by atoms with E-state index in [0.717, 1.165) is 62.9 Å². The van der Waals surface area contributed by atoms with E-state index in [-0.39, 0.29) is 0 Å². The molecule has 0 radical (unpaired) electrons. The molecule has 0 fully saturated rings. The van der Waals surface area contributed by atoms with E-state index >= 15 is 0 Å². The maximum absolute atomic E-state index is 13.5. The highest BCUT2D eigenvalue weighted by Gasteiger charge is 2.21. The number of rotatable bonds is 15. The van der Waals surface area contributed by atoms with E-state index in [4.69, 9.17) is 9.72 Å². The summed E-state index contributed by atoms with van der Waals surface area (Å²) in [6.07, 6.45) is 10.7. The number of aliphatic carboxylic acids is 1. The van der Waals surface area contributed by atoms with Gasteiger partial charge in [-0.05, 0) is 56.7 Å². The maximum atomic E-state index is 13.5. The van der Waals surface area contributed by atoms with E-state index in [2.05, 4.69) is 52.6 Å². The fraction of sp³-hybridized carbons (Fsp3) is 0.429. The van der Waals surface area contributed by atoms with Gasteiger partial charge in [0.1, 0.15) is 41.9 Å². The van der Waals surface area contributed by atoms with Crippen LogP contribution in [0, 0.1) is 5.82 Å². The average molecular weight is 564 g/mol. The fourth-order valence-corrected chi connectivity index (χ4v) is 4.86. The molecule has 5 rings (SSSR count). The lowest BCUT2D eigenvalue weighted by Gasteiger charge is -2.24. The van der Waals surface area contributed by atoms with Gasteiger partial charge in [-0.1, -0.05) is 6.07 Å². The Morgan fingerprint density at radius 1 is 1.17 bits per heavy atom. The second kappa shape index (κ2) is 13.8. The molecule has 216 valence electrons. The summed E-state index contributed by atoms with van der Waals surface area (Å²) in [5.41, 5.74) is 3.35. The molecule has 4 N–H and O–H groups in total. The number of imidazole rings is 1. The van der Waals surface area contributed by atoms with Gasteiger partial charge in [-0.25, -0.2) is 29.1 Å². The number of H-pyrrole nitrogens is 1. The van der Waals surface area contributed by atoms with Crippen LogP contribution in [0.4, 0.5) is 16.0 Å². The van der Waals surface area contributed by atoms with Crippen LogP contribution in [0.25, 0.3) is 11.2 Å². The van der Waals surface area contributed by atoms with Crippen LogP contribution in [0.3, 0.4) is 0 Å². The first-order valence-corrected chi connectivity index (χ1v) is 13.9. The zero-order chi connectivity index (χ0) is 28.4. The van der Waals surface area contributed by atoms with Gasteiger partial charge < -0.3 is 25.5 Å². The number of nitrogens with zero attached hydrogens (tertiary/aromatic N) is 6. The molecule has 4 aromatic rings. The van der Waals surface area contributed by atoms with E-state index in [1.807, 2.05) is 0 Å². The van der Waals surface area contributed by atoms with Crippen LogP contribution >= 0.6 is 0 Å². The van der Waals surface area contributed by atoms with Gasteiger partial charge in [-0.2, -0.15) is 0 Å². The summed E-state index contributed by atoms with van der Waals surface area (Å²) in [6, 6.07) is 4.69. The van der Waals surface area contributed by atoms with Crippen molar-refractivity contribution in [2.24, 2.45) is 0 Å². The van der Waals surface area contributed by atoms with Crippen LogP contribution in [0.2, 0.25) is 0 Å². The minimum absolute atomic E-state index is 0.315. The Balaban J connectivity index is 1.17. The summed E-state index contributed by atoms with van der Waals surface area (Å²) in [6.45, 7) is 3.07. The molecule has 0 spiro atoms. The number of aryl methyl sites for hydroxylation is 2. The van der Waals surface area contributed by atoms with Crippen molar-refractivity contribution < 1.29 is 19.0 Å². The number of aromatic amines is 1. The molecule has 5 heterocycles. The third kappa shape index (κ3) is 7.84. The Kier molecular flexibility index (Phi) is 9.47. The monoisotopic (exact) mass is 563 g/mol. The Labute approximate surface area is 236 Å². The SMILES string of the molecule is O=C(O)C(CCN(CCCCc1ccc2c(n1)NCCC2)CCOc1cncc(F)c1)Nc1ncnc2nc[nH]c12. The minimum atomic E-state index is -0.981. The zero-order valence-corrected chi connectivity index (χ0v) is 22.7. The van der Waals surface area contributed by atoms with Crippen molar-refractivity contribution >= 4 is 28.8 Å². The average Bonchev–Trinajstić information content (AvgIpc) is 3.47. The molecular weight excluding hydrogens is 529 g/mol. The predicted molar refractivity (Wildman–Crippen MR) is 151 cm³/mol. The smallest absolute Gasteiger partial charge is 0.326 e. The quantitative estimate of drug-likeness (QED) is 0.158. The number of carboxylic acids is 1. The Bertz CT molecular complexity index is 1450. The second-order valence-corrected chi connectivity index (χ2v) is 9.97. The van der Waals surface area contributed by atoms with Crippen molar-refractivity contribution in [3.63, 3.8) is 0 Å². The van der Waals surface area contributed by atoms with E-state index in [1.54, 1.807) is 0 Å². The molecule has 41 heavy (non-hydrogen) atoms. The first-order chi connectivity index (χ1) is 20.0. The molecule has 12 nitrogen and oxygen atoms in total. The van der Waals surface area contributed by atoms with Crippen LogP contribution in [-0.4, -0.2) is 84.7 Å². The highest BCUT2D eigenvalue weighted by Crippen LogP contribution is 2.21. The number of unbranched alkanes of at least 4 members (excludes halogenated alkanes) is 1. The normalized spacial score (nSPS) is 13.5. The van der Waals surface area contributed by atoms with Gasteiger partial charge in [0.15, 0.2) is 11.5 Å². The third-order valence-corrected chi connectivity index (χ3v) is 7.03. The van der Waals surface area contributed by atoms with Gasteiger partial charge in [-0.3, -0.25) is 9.88 Å². The number of ether oxygens (including phenoxy) is 1. The van der Waals surface area contributed by atoms with Crippen LogP contribution in [0.15, 0.2) is 43.2 Å². The van der Waals surface area contributed by atoms with Crippen molar-refractivity contribution in [3.8, 4) is 5.75 Å². The largest absolute Gasteiger partial charge is 0.491 e. The zero-order valence-electron chi connectivity index (χ0n) is 22.7. The molecule has 0 aromatic carbocycles. The van der Waals surface area contributed by atoms with Crippen molar-refractivity contribution in [2.45, 2.75) is 44.6 Å². The summed E-state index contributed by atoms with van der Waals surface area (Å²) in [4.78, 5) is 38.2. The molecule has 0 aliphatic carbocycles. The number of carboxylic acid groups (broad SMARTS) is 1. The van der Waals surface area contributed by atoms with Gasteiger partial charge in [0, 0.05) is 31.4 Å². The molecule has 4 aromatic heterocycles. The van der Waals surface area contributed by atoms with Crippen LogP contribution < -0.4 is 15.4 Å². The van der Waals surface area contributed by atoms with Crippen molar-refractivity contribution in [1.82, 2.24) is 34.8 Å². The summed E-state index contributed by atoms with van der Waals surface area (Å²) >= 11 is 0. The lowest BCUT2D eigenvalue weighted by Crippen LogP contribution is -2.37. The Hall–Kier alpha value is -4.39. The summed E-state index contributed by atoms with van der Waals surface area (Å²) < 4.78 is 19.2. The van der Waals surface area contributed by atoms with E-state index in [0.29, 0.717) is 48.8 Å². The highest BCUT2D eigenvalue weighted by molar-refractivity contribution is 5.85. The van der Waals surface area contributed by atoms with E-state index < -0.39 is 17.8 Å². The van der Waals surface area contributed by atoms with Gasteiger partial charge in [0.2, 0.25) is 0 Å². The van der Waals surface area contributed by atoms with Crippen molar-refractivity contribution in [2.75, 3.05) is 43.4 Å². The van der Waals surface area contributed by atoms with Gasteiger partial charge >= 0.3 is 5.97 Å². The number of anilines is 2. The van der Waals surface area contributed by atoms with Crippen LogP contribution in [0.1, 0.15) is 36.9 Å². The predicted octanol–water partition coefficient (Wildman–Crippen LogP) is 3.30. The molecule has 0 saturated heterocycles. The minimum Gasteiger partial charge on any atom is -0.491 e. The van der Waals surface area contributed by atoms with Gasteiger partial charge in [0.05, 0.1) is 18.7 Å². The first-order valence-electron chi connectivity index (χ1n) is 13.9. The molecule has 1 aliphatic heterocycles. The van der Waals surface area contributed by atoms with E-state index in [1.165, 1.54) is 30.5 Å². The fourth-order valence-electron chi connectivity index (χ4n) is 4.86. The second-order valence-electron chi connectivity index (χ2n) is 9.97. The van der Waals surface area contributed by atoms with Crippen LogP contribution in [-0.2, 0) is 17.6 Å². The number of pyridine rings is 2. The summed E-state index contributed by atoms with van der Waals surface area (Å²) in [5.74, 6) is 0.305. The lowest BCUT2D eigenvalue weighted by molar-refractivity contribution is -0.138. The summed E-state index contributed by atoms with van der Waals surface area (Å²) in [7, 11) is 0. The molecule has 1 aliphatic rings. The van der Waals surface area contributed by atoms with Crippen LogP contribution in [0.5, 0.6) is 5.75 Å². The van der Waals surface area contributed by atoms with Gasteiger partial charge in [-0.15, -0.1) is 0 Å².